The SMILES string of the molecule is CC(CCBr)CNC(=O)C(C)c1ccccc1. The van der Waals surface area contributed by atoms with Crippen LogP contribution in [0.2, 0.25) is 0 Å². The van der Waals surface area contributed by atoms with E-state index in [1.165, 1.54) is 0 Å². The van der Waals surface area contributed by atoms with Gasteiger partial charge in [-0.25, -0.2) is 0 Å². The summed E-state index contributed by atoms with van der Waals surface area (Å²) in [5.74, 6) is 0.547. The fraction of sp³-hybridized carbons (Fsp3) is 0.500. The van der Waals surface area contributed by atoms with Gasteiger partial charge in [-0.05, 0) is 24.8 Å². The van der Waals surface area contributed by atoms with Gasteiger partial charge in [-0.3, -0.25) is 4.79 Å². The molecular formula is C14H20BrNO. The lowest BCUT2D eigenvalue weighted by Crippen LogP contribution is -2.31. The molecule has 0 spiro atoms. The number of rotatable bonds is 6. The average molecular weight is 298 g/mol. The van der Waals surface area contributed by atoms with Crippen LogP contribution in [0.3, 0.4) is 0 Å². The van der Waals surface area contributed by atoms with Crippen LogP contribution in [0.5, 0.6) is 0 Å². The van der Waals surface area contributed by atoms with E-state index >= 15 is 0 Å². The number of hydrogen-bond acceptors (Lipinski definition) is 1. The fourth-order valence-electron chi connectivity index (χ4n) is 1.61. The van der Waals surface area contributed by atoms with Crippen molar-refractivity contribution in [2.75, 3.05) is 11.9 Å². The lowest BCUT2D eigenvalue weighted by Gasteiger charge is -2.15. The minimum atomic E-state index is -0.0765. The monoisotopic (exact) mass is 297 g/mol. The summed E-state index contributed by atoms with van der Waals surface area (Å²) in [7, 11) is 0. The Hall–Kier alpha value is -0.830. The summed E-state index contributed by atoms with van der Waals surface area (Å²) in [5, 5.41) is 3.99. The van der Waals surface area contributed by atoms with E-state index in [1.807, 2.05) is 37.3 Å². The number of amides is 1. The van der Waals surface area contributed by atoms with Crippen molar-refractivity contribution in [3.8, 4) is 0 Å². The van der Waals surface area contributed by atoms with Gasteiger partial charge in [0, 0.05) is 11.9 Å². The van der Waals surface area contributed by atoms with E-state index in [0.717, 1.165) is 23.9 Å². The molecule has 0 aromatic heterocycles. The summed E-state index contributed by atoms with van der Waals surface area (Å²) in [6.07, 6.45) is 1.08. The summed E-state index contributed by atoms with van der Waals surface area (Å²) in [6.45, 7) is 4.84. The first-order valence-corrected chi connectivity index (χ1v) is 7.16. The molecule has 17 heavy (non-hydrogen) atoms. The Balaban J connectivity index is 2.43. The highest BCUT2D eigenvalue weighted by atomic mass is 79.9. The number of hydrogen-bond donors (Lipinski definition) is 1. The first kappa shape index (κ1) is 14.2. The van der Waals surface area contributed by atoms with E-state index in [9.17, 15) is 4.79 Å². The van der Waals surface area contributed by atoms with Crippen molar-refractivity contribution in [2.45, 2.75) is 26.2 Å². The van der Waals surface area contributed by atoms with E-state index in [1.54, 1.807) is 0 Å². The third-order valence-corrected chi connectivity index (χ3v) is 3.38. The van der Waals surface area contributed by atoms with Crippen molar-refractivity contribution in [1.29, 1.82) is 0 Å². The fourth-order valence-corrected chi connectivity index (χ4v) is 2.39. The van der Waals surface area contributed by atoms with Crippen LogP contribution in [0.25, 0.3) is 0 Å². The molecule has 1 aromatic rings. The van der Waals surface area contributed by atoms with Gasteiger partial charge in [0.25, 0.3) is 0 Å². The molecule has 94 valence electrons. The Kier molecular flexibility index (Phi) is 6.27. The number of benzene rings is 1. The van der Waals surface area contributed by atoms with Gasteiger partial charge in [0.05, 0.1) is 5.92 Å². The molecule has 1 amide bonds. The van der Waals surface area contributed by atoms with Crippen LogP contribution >= 0.6 is 15.9 Å². The first-order chi connectivity index (χ1) is 8.15. The number of alkyl halides is 1. The normalized spacial score (nSPS) is 14.1. The van der Waals surface area contributed by atoms with E-state index in [0.29, 0.717) is 5.92 Å². The molecule has 0 heterocycles. The van der Waals surface area contributed by atoms with Crippen molar-refractivity contribution in [3.05, 3.63) is 35.9 Å². The maximum Gasteiger partial charge on any atom is 0.227 e. The number of nitrogens with one attached hydrogen (secondary N) is 1. The lowest BCUT2D eigenvalue weighted by atomic mass is 10.00. The second-order valence-electron chi connectivity index (χ2n) is 4.46. The Morgan fingerprint density at radius 1 is 1.29 bits per heavy atom. The molecule has 0 radical (unpaired) electrons. The smallest absolute Gasteiger partial charge is 0.227 e. The van der Waals surface area contributed by atoms with Crippen molar-refractivity contribution in [1.82, 2.24) is 5.32 Å². The van der Waals surface area contributed by atoms with Crippen molar-refractivity contribution in [3.63, 3.8) is 0 Å². The minimum absolute atomic E-state index is 0.0765. The van der Waals surface area contributed by atoms with Crippen LogP contribution in [0.1, 0.15) is 31.7 Å². The highest BCUT2D eigenvalue weighted by Gasteiger charge is 2.14. The summed E-state index contributed by atoms with van der Waals surface area (Å²) in [6, 6.07) is 9.88. The zero-order chi connectivity index (χ0) is 12.7. The van der Waals surface area contributed by atoms with E-state index in [2.05, 4.69) is 28.2 Å². The third kappa shape index (κ3) is 4.90. The predicted molar refractivity (Wildman–Crippen MR) is 75.4 cm³/mol. The standard InChI is InChI=1S/C14H20BrNO/c1-11(8-9-15)10-16-14(17)12(2)13-6-4-3-5-7-13/h3-7,11-12H,8-10H2,1-2H3,(H,16,17). The molecule has 0 saturated carbocycles. The molecule has 3 heteroatoms. The highest BCUT2D eigenvalue weighted by molar-refractivity contribution is 9.09. The molecule has 0 aliphatic carbocycles. The third-order valence-electron chi connectivity index (χ3n) is 2.92. The number of carbonyl (C=O) groups is 1. The van der Waals surface area contributed by atoms with Gasteiger partial charge in [-0.1, -0.05) is 53.2 Å². The molecule has 0 aliphatic heterocycles. The predicted octanol–water partition coefficient (Wildman–Crippen LogP) is 3.33. The van der Waals surface area contributed by atoms with E-state index in [4.69, 9.17) is 0 Å². The van der Waals surface area contributed by atoms with Crippen molar-refractivity contribution in [2.24, 2.45) is 5.92 Å². The molecule has 1 N–H and O–H groups in total. The van der Waals surface area contributed by atoms with Crippen LogP contribution in [0, 0.1) is 5.92 Å². The van der Waals surface area contributed by atoms with Gasteiger partial charge in [-0.2, -0.15) is 0 Å². The molecule has 2 unspecified atom stereocenters. The minimum Gasteiger partial charge on any atom is -0.355 e. The first-order valence-electron chi connectivity index (χ1n) is 6.03. The average Bonchev–Trinajstić information content (AvgIpc) is 2.36. The summed E-state index contributed by atoms with van der Waals surface area (Å²) >= 11 is 3.41. The van der Waals surface area contributed by atoms with Gasteiger partial charge in [-0.15, -0.1) is 0 Å². The topological polar surface area (TPSA) is 29.1 Å². The molecule has 1 rings (SSSR count). The number of carbonyl (C=O) groups excluding carboxylic acids is 1. The van der Waals surface area contributed by atoms with E-state index < -0.39 is 0 Å². The second-order valence-corrected chi connectivity index (χ2v) is 5.25. The van der Waals surface area contributed by atoms with Crippen molar-refractivity contribution < 1.29 is 4.79 Å². The van der Waals surface area contributed by atoms with Gasteiger partial charge in [0.2, 0.25) is 5.91 Å². The summed E-state index contributed by atoms with van der Waals surface area (Å²) in [5.41, 5.74) is 1.07. The molecule has 1 aromatic carbocycles. The molecule has 0 aliphatic rings. The zero-order valence-electron chi connectivity index (χ0n) is 10.4. The molecule has 0 saturated heterocycles. The van der Waals surface area contributed by atoms with Crippen LogP contribution in [0.15, 0.2) is 30.3 Å². The Bertz CT molecular complexity index is 339. The summed E-state index contributed by atoms with van der Waals surface area (Å²) < 4.78 is 0. The largest absolute Gasteiger partial charge is 0.355 e. The quantitative estimate of drug-likeness (QED) is 0.802. The van der Waals surface area contributed by atoms with Crippen LogP contribution in [0.4, 0.5) is 0 Å². The zero-order valence-corrected chi connectivity index (χ0v) is 12.0. The van der Waals surface area contributed by atoms with Gasteiger partial charge in [0.15, 0.2) is 0 Å². The lowest BCUT2D eigenvalue weighted by molar-refractivity contribution is -0.122. The van der Waals surface area contributed by atoms with Gasteiger partial charge in [0.1, 0.15) is 0 Å². The van der Waals surface area contributed by atoms with Crippen LogP contribution in [-0.4, -0.2) is 17.8 Å². The van der Waals surface area contributed by atoms with E-state index in [-0.39, 0.29) is 11.8 Å². The highest BCUT2D eigenvalue weighted by Crippen LogP contribution is 2.14. The van der Waals surface area contributed by atoms with Crippen LogP contribution in [-0.2, 0) is 4.79 Å². The Labute approximate surface area is 112 Å². The van der Waals surface area contributed by atoms with Gasteiger partial charge < -0.3 is 5.32 Å². The molecular weight excluding hydrogens is 278 g/mol. The van der Waals surface area contributed by atoms with Crippen molar-refractivity contribution >= 4 is 21.8 Å². The van der Waals surface area contributed by atoms with Crippen LogP contribution < -0.4 is 5.32 Å². The Morgan fingerprint density at radius 2 is 1.94 bits per heavy atom. The molecule has 2 nitrogen and oxygen atoms in total. The second kappa shape index (κ2) is 7.49. The molecule has 2 atom stereocenters. The van der Waals surface area contributed by atoms with Gasteiger partial charge >= 0.3 is 0 Å². The molecule has 0 fully saturated rings. The maximum absolute atomic E-state index is 11.9. The number of halogens is 1. The summed E-state index contributed by atoms with van der Waals surface area (Å²) in [4.78, 5) is 11.9. The maximum atomic E-state index is 11.9. The Morgan fingerprint density at radius 3 is 2.53 bits per heavy atom. The molecule has 0 bridgehead atoms.